The van der Waals surface area contributed by atoms with Gasteiger partial charge in [0.2, 0.25) is 15.9 Å². The smallest absolute Gasteiger partial charge is 0.246 e. The van der Waals surface area contributed by atoms with Crippen molar-refractivity contribution in [2.24, 2.45) is 7.05 Å². The van der Waals surface area contributed by atoms with Crippen molar-refractivity contribution in [3.05, 3.63) is 23.1 Å². The summed E-state index contributed by atoms with van der Waals surface area (Å²) in [4.78, 5) is 4.51. The highest BCUT2D eigenvalue weighted by Gasteiger charge is 2.38. The van der Waals surface area contributed by atoms with E-state index in [0.717, 1.165) is 0 Å². The van der Waals surface area contributed by atoms with Gasteiger partial charge in [0.1, 0.15) is 4.90 Å². The highest BCUT2D eigenvalue weighted by molar-refractivity contribution is 7.89. The quantitative estimate of drug-likeness (QED) is 0.832. The second-order valence-electron chi connectivity index (χ2n) is 5.65. The third kappa shape index (κ3) is 2.34. The molecule has 1 aliphatic heterocycles. The first kappa shape index (κ1) is 15.2. The maximum atomic E-state index is 12.9. The molecule has 120 valence electrons. The number of hydrogen-bond donors (Lipinski definition) is 0. The van der Waals surface area contributed by atoms with Gasteiger partial charge in [0.15, 0.2) is 5.82 Å². The molecule has 3 rings (SSSR count). The van der Waals surface area contributed by atoms with Gasteiger partial charge in [-0.15, -0.1) is 0 Å². The molecule has 8 nitrogen and oxygen atoms in total. The van der Waals surface area contributed by atoms with Crippen molar-refractivity contribution in [3.8, 4) is 0 Å². The van der Waals surface area contributed by atoms with E-state index in [2.05, 4.69) is 15.2 Å². The van der Waals surface area contributed by atoms with E-state index in [0.29, 0.717) is 47.5 Å². The fraction of sp³-hybridized carbons (Fsp3) is 0.615. The molecule has 0 aromatic carbocycles. The average molecular weight is 325 g/mol. The minimum absolute atomic E-state index is 0.0479. The van der Waals surface area contributed by atoms with Crippen molar-refractivity contribution in [2.45, 2.75) is 38.0 Å². The maximum absolute atomic E-state index is 12.9. The number of hydrogen-bond acceptors (Lipinski definition) is 6. The molecule has 0 radical (unpaired) electrons. The molecule has 2 aromatic rings. The Balaban J connectivity index is 1.88. The van der Waals surface area contributed by atoms with Gasteiger partial charge in [-0.25, -0.2) is 8.42 Å². The standard InChI is InChI=1S/C13H19N5O3S/c1-8-12(9(2)17(4)15-8)22(19,20)18-6-5-11(7-18)13-14-10(3)16-21-13/h11H,5-7H2,1-4H3/t11-/m0/s1. The van der Waals surface area contributed by atoms with Gasteiger partial charge in [-0.3, -0.25) is 4.68 Å². The van der Waals surface area contributed by atoms with Crippen LogP contribution in [0.15, 0.2) is 9.42 Å². The lowest BCUT2D eigenvalue weighted by atomic mass is 10.1. The fourth-order valence-electron chi connectivity index (χ4n) is 2.88. The minimum atomic E-state index is -3.55. The molecule has 0 amide bonds. The number of nitrogens with zero attached hydrogens (tertiary/aromatic N) is 5. The van der Waals surface area contributed by atoms with Crippen molar-refractivity contribution in [2.75, 3.05) is 13.1 Å². The lowest BCUT2D eigenvalue weighted by Gasteiger charge is -2.16. The summed E-state index contributed by atoms with van der Waals surface area (Å²) in [5, 5.41) is 7.97. The van der Waals surface area contributed by atoms with Crippen LogP contribution in [0.25, 0.3) is 0 Å². The molecule has 0 bridgehead atoms. The molecule has 1 fully saturated rings. The molecule has 0 unspecified atom stereocenters. The minimum Gasteiger partial charge on any atom is -0.339 e. The number of sulfonamides is 1. The van der Waals surface area contributed by atoms with Crippen LogP contribution in [0, 0.1) is 20.8 Å². The lowest BCUT2D eigenvalue weighted by molar-refractivity contribution is 0.351. The number of aryl methyl sites for hydroxylation is 3. The van der Waals surface area contributed by atoms with E-state index in [9.17, 15) is 8.42 Å². The summed E-state index contributed by atoms with van der Waals surface area (Å²) in [6, 6.07) is 0. The molecule has 9 heteroatoms. The van der Waals surface area contributed by atoms with E-state index in [-0.39, 0.29) is 5.92 Å². The van der Waals surface area contributed by atoms with Gasteiger partial charge in [0.25, 0.3) is 0 Å². The van der Waals surface area contributed by atoms with Crippen molar-refractivity contribution < 1.29 is 12.9 Å². The first-order valence-corrected chi connectivity index (χ1v) is 8.55. The van der Waals surface area contributed by atoms with Crippen LogP contribution in [0.5, 0.6) is 0 Å². The Morgan fingerprint density at radius 2 is 2.00 bits per heavy atom. The average Bonchev–Trinajstić information content (AvgIpc) is 3.10. The topological polar surface area (TPSA) is 94.1 Å². The maximum Gasteiger partial charge on any atom is 0.246 e. The van der Waals surface area contributed by atoms with Crippen molar-refractivity contribution >= 4 is 10.0 Å². The number of aromatic nitrogens is 4. The SMILES string of the molecule is Cc1noc([C@H]2CCN(S(=O)(=O)c3c(C)nn(C)c3C)C2)n1. The highest BCUT2D eigenvalue weighted by Crippen LogP contribution is 2.32. The first-order valence-electron chi connectivity index (χ1n) is 7.11. The Kier molecular flexibility index (Phi) is 3.56. The van der Waals surface area contributed by atoms with E-state index >= 15 is 0 Å². The monoisotopic (exact) mass is 325 g/mol. The van der Waals surface area contributed by atoms with E-state index in [1.165, 1.54) is 4.31 Å². The summed E-state index contributed by atoms with van der Waals surface area (Å²) in [5.74, 6) is 1.03. The van der Waals surface area contributed by atoms with Gasteiger partial charge in [0, 0.05) is 20.1 Å². The Bertz CT molecular complexity index is 808. The molecule has 3 heterocycles. The molecular weight excluding hydrogens is 306 g/mol. The second kappa shape index (κ2) is 5.17. The van der Waals surface area contributed by atoms with Crippen LogP contribution in [0.1, 0.15) is 35.4 Å². The molecule has 1 saturated heterocycles. The second-order valence-corrected chi connectivity index (χ2v) is 7.53. The van der Waals surface area contributed by atoms with Gasteiger partial charge in [-0.05, 0) is 27.2 Å². The zero-order chi connectivity index (χ0) is 16.1. The highest BCUT2D eigenvalue weighted by atomic mass is 32.2. The zero-order valence-corrected chi connectivity index (χ0v) is 13.9. The molecule has 1 atom stereocenters. The summed E-state index contributed by atoms with van der Waals surface area (Å²) in [6.07, 6.45) is 0.680. The summed E-state index contributed by atoms with van der Waals surface area (Å²) in [6.45, 7) is 6.04. The normalized spacial score (nSPS) is 19.9. The van der Waals surface area contributed by atoms with Gasteiger partial charge >= 0.3 is 0 Å². The molecule has 0 saturated carbocycles. The third-order valence-electron chi connectivity index (χ3n) is 4.08. The van der Waals surface area contributed by atoms with E-state index in [1.54, 1.807) is 32.5 Å². The molecular formula is C13H19N5O3S. The van der Waals surface area contributed by atoms with Gasteiger partial charge < -0.3 is 4.52 Å². The summed E-state index contributed by atoms with van der Waals surface area (Å²) in [7, 11) is -1.81. The van der Waals surface area contributed by atoms with Crippen LogP contribution in [0.4, 0.5) is 0 Å². The van der Waals surface area contributed by atoms with E-state index in [1.807, 2.05) is 0 Å². The van der Waals surface area contributed by atoms with Crippen LogP contribution in [0.2, 0.25) is 0 Å². The van der Waals surface area contributed by atoms with Crippen molar-refractivity contribution in [1.82, 2.24) is 24.2 Å². The van der Waals surface area contributed by atoms with E-state index in [4.69, 9.17) is 4.52 Å². The van der Waals surface area contributed by atoms with Crippen LogP contribution >= 0.6 is 0 Å². The Hall–Kier alpha value is -1.74. The summed E-state index contributed by atoms with van der Waals surface area (Å²) >= 11 is 0. The molecule has 22 heavy (non-hydrogen) atoms. The van der Waals surface area contributed by atoms with Gasteiger partial charge in [-0.1, -0.05) is 5.16 Å². The first-order chi connectivity index (χ1) is 10.3. The fourth-order valence-corrected chi connectivity index (χ4v) is 4.78. The lowest BCUT2D eigenvalue weighted by Crippen LogP contribution is -2.29. The van der Waals surface area contributed by atoms with Crippen LogP contribution in [-0.2, 0) is 17.1 Å². The van der Waals surface area contributed by atoms with Crippen LogP contribution in [0.3, 0.4) is 0 Å². The number of rotatable bonds is 3. The third-order valence-corrected chi connectivity index (χ3v) is 6.20. The summed E-state index contributed by atoms with van der Waals surface area (Å²) < 4.78 is 34.0. The largest absolute Gasteiger partial charge is 0.339 e. The summed E-state index contributed by atoms with van der Waals surface area (Å²) in [5.41, 5.74) is 1.17. The molecule has 1 aliphatic rings. The zero-order valence-electron chi connectivity index (χ0n) is 13.1. The van der Waals surface area contributed by atoms with Gasteiger partial charge in [0.05, 0.1) is 17.3 Å². The molecule has 2 aromatic heterocycles. The Morgan fingerprint density at radius 3 is 2.55 bits per heavy atom. The van der Waals surface area contributed by atoms with Crippen LogP contribution in [-0.4, -0.2) is 45.7 Å². The molecule has 0 spiro atoms. The van der Waals surface area contributed by atoms with E-state index < -0.39 is 10.0 Å². The predicted molar refractivity (Wildman–Crippen MR) is 77.8 cm³/mol. The molecule has 0 aliphatic carbocycles. The predicted octanol–water partition coefficient (Wildman–Crippen LogP) is 0.907. The van der Waals surface area contributed by atoms with Crippen molar-refractivity contribution in [1.29, 1.82) is 0 Å². The molecule has 0 N–H and O–H groups in total. The van der Waals surface area contributed by atoms with Gasteiger partial charge in [-0.2, -0.15) is 14.4 Å². The Morgan fingerprint density at radius 1 is 1.27 bits per heavy atom. The van der Waals surface area contributed by atoms with Crippen molar-refractivity contribution in [3.63, 3.8) is 0 Å². The Labute approximate surface area is 129 Å². The van der Waals surface area contributed by atoms with Crippen LogP contribution < -0.4 is 0 Å².